The van der Waals surface area contributed by atoms with Gasteiger partial charge in [0.2, 0.25) is 5.43 Å². The first-order chi connectivity index (χ1) is 18.5. The molecule has 0 aliphatic carbocycles. The molecule has 2 heterocycles. The Kier molecular flexibility index (Phi) is 8.10. The lowest BCUT2D eigenvalue weighted by Crippen LogP contribution is -2.36. The van der Waals surface area contributed by atoms with E-state index in [0.717, 1.165) is 12.2 Å². The van der Waals surface area contributed by atoms with Crippen LogP contribution in [0.1, 0.15) is 33.2 Å². The van der Waals surface area contributed by atoms with E-state index in [1.807, 2.05) is 53.1 Å². The molecule has 0 spiro atoms. The fraction of sp³-hybridized carbons (Fsp3) is 0.267. The van der Waals surface area contributed by atoms with Crippen molar-refractivity contribution in [3.8, 4) is 0 Å². The van der Waals surface area contributed by atoms with Crippen molar-refractivity contribution in [3.63, 3.8) is 0 Å². The number of aryl methyl sites for hydroxylation is 1. The fourth-order valence-electron chi connectivity index (χ4n) is 4.86. The molecule has 4 aromatic rings. The Labute approximate surface area is 224 Å². The van der Waals surface area contributed by atoms with Gasteiger partial charge in [0.05, 0.1) is 29.7 Å². The lowest BCUT2D eigenvalue weighted by atomic mass is 10.0. The first-order valence-electron chi connectivity index (χ1n) is 12.7. The number of hydrogen-bond donors (Lipinski definition) is 1. The summed E-state index contributed by atoms with van der Waals surface area (Å²) in [6.45, 7) is 2.61. The molecule has 0 unspecified atom stereocenters. The number of rotatable bonds is 9. The Bertz CT molecular complexity index is 1430. The summed E-state index contributed by atoms with van der Waals surface area (Å²) in [7, 11) is 0. The molecule has 0 atom stereocenters. The van der Waals surface area contributed by atoms with Gasteiger partial charge in [0.1, 0.15) is 11.4 Å². The molecule has 3 aromatic carbocycles. The van der Waals surface area contributed by atoms with Crippen LogP contribution < -0.4 is 10.3 Å². The van der Waals surface area contributed by atoms with Crippen LogP contribution in [-0.2, 0) is 11.3 Å². The first-order valence-corrected chi connectivity index (χ1v) is 13.7. The van der Waals surface area contributed by atoms with Gasteiger partial charge in [0.15, 0.2) is 0 Å². The normalized spacial score (nSPS) is 13.8. The van der Waals surface area contributed by atoms with Gasteiger partial charge in [-0.15, -0.1) is 11.8 Å². The lowest BCUT2D eigenvalue weighted by molar-refractivity contribution is 0.0694. The van der Waals surface area contributed by atoms with Gasteiger partial charge in [-0.05, 0) is 35.4 Å². The van der Waals surface area contributed by atoms with Gasteiger partial charge in [0, 0.05) is 31.2 Å². The average molecular weight is 533 g/mol. The molecule has 0 bridgehead atoms. The Balaban J connectivity index is 1.41. The SMILES string of the molecule is O=C(O)c1cn(CCCSC(c2ccccc2)c2ccccc2)c2cc(N3CCOCC3)c(F)cc2c1=O. The standard InChI is InChI=1S/C30H29FN2O4S/c31-25-18-23-26(19-27(25)32-13-15-37-16-14-32)33(20-24(28(23)34)30(35)36)12-7-17-38-29(21-8-3-1-4-9-21)22-10-5-2-6-11-22/h1-6,8-11,18-20,29H,7,12-17H2,(H,35,36). The Morgan fingerprint density at radius 2 is 1.63 bits per heavy atom. The summed E-state index contributed by atoms with van der Waals surface area (Å²) in [4.78, 5) is 26.6. The number of carboxylic acid groups (broad SMARTS) is 1. The number of hydrogen-bond acceptors (Lipinski definition) is 5. The first kappa shape index (κ1) is 26.0. The minimum atomic E-state index is -1.31. The number of nitrogens with zero attached hydrogens (tertiary/aromatic N) is 2. The van der Waals surface area contributed by atoms with E-state index in [4.69, 9.17) is 4.74 Å². The molecule has 1 aromatic heterocycles. The third-order valence-corrected chi connectivity index (χ3v) is 8.17. The number of ether oxygens (including phenoxy) is 1. The molecule has 5 rings (SSSR count). The van der Waals surface area contributed by atoms with Crippen LogP contribution in [0.3, 0.4) is 0 Å². The summed E-state index contributed by atoms with van der Waals surface area (Å²) in [5, 5.41) is 9.89. The highest BCUT2D eigenvalue weighted by Gasteiger charge is 2.21. The van der Waals surface area contributed by atoms with Crippen molar-refractivity contribution in [2.24, 2.45) is 0 Å². The fourth-order valence-corrected chi connectivity index (χ4v) is 6.09. The summed E-state index contributed by atoms with van der Waals surface area (Å²) in [6, 6.07) is 23.5. The van der Waals surface area contributed by atoms with Gasteiger partial charge in [-0.3, -0.25) is 4.79 Å². The zero-order valence-electron chi connectivity index (χ0n) is 20.9. The molecule has 1 fully saturated rings. The van der Waals surface area contributed by atoms with Crippen LogP contribution in [0.2, 0.25) is 0 Å². The Morgan fingerprint density at radius 3 is 2.24 bits per heavy atom. The maximum atomic E-state index is 15.1. The topological polar surface area (TPSA) is 71.8 Å². The molecular weight excluding hydrogens is 503 g/mol. The largest absolute Gasteiger partial charge is 0.477 e. The zero-order chi connectivity index (χ0) is 26.5. The van der Waals surface area contributed by atoms with E-state index in [0.29, 0.717) is 44.1 Å². The van der Waals surface area contributed by atoms with E-state index in [2.05, 4.69) is 24.3 Å². The van der Waals surface area contributed by atoms with E-state index >= 15 is 4.39 Å². The Hall–Kier alpha value is -3.62. The number of aromatic carboxylic acids is 1. The maximum Gasteiger partial charge on any atom is 0.341 e. The molecule has 8 heteroatoms. The molecule has 0 radical (unpaired) electrons. The number of aromatic nitrogens is 1. The number of halogens is 1. The van der Waals surface area contributed by atoms with E-state index < -0.39 is 17.2 Å². The van der Waals surface area contributed by atoms with Crippen LogP contribution >= 0.6 is 11.8 Å². The molecule has 1 N–H and O–H groups in total. The second kappa shape index (κ2) is 11.8. The molecular formula is C30H29FN2O4S. The number of morpholine rings is 1. The second-order valence-corrected chi connectivity index (χ2v) is 10.4. The van der Waals surface area contributed by atoms with Gasteiger partial charge in [0.25, 0.3) is 0 Å². The third-order valence-electron chi connectivity index (χ3n) is 6.76. The predicted octanol–water partition coefficient (Wildman–Crippen LogP) is 5.59. The number of carboxylic acids is 1. The quantitative estimate of drug-likeness (QED) is 0.284. The highest BCUT2D eigenvalue weighted by Crippen LogP contribution is 2.36. The zero-order valence-corrected chi connectivity index (χ0v) is 21.7. The summed E-state index contributed by atoms with van der Waals surface area (Å²) < 4.78 is 22.3. The van der Waals surface area contributed by atoms with Gasteiger partial charge in [-0.2, -0.15) is 0 Å². The number of anilines is 1. The minimum absolute atomic E-state index is 0.0820. The van der Waals surface area contributed by atoms with Crippen LogP contribution in [0, 0.1) is 5.82 Å². The summed E-state index contributed by atoms with van der Waals surface area (Å²) in [5.41, 5.74) is 2.36. The highest BCUT2D eigenvalue weighted by atomic mass is 32.2. The summed E-state index contributed by atoms with van der Waals surface area (Å²) in [6.07, 6.45) is 2.13. The van der Waals surface area contributed by atoms with E-state index in [1.165, 1.54) is 23.4 Å². The number of carbonyl (C=O) groups is 1. The molecule has 38 heavy (non-hydrogen) atoms. The number of pyridine rings is 1. The molecule has 1 aliphatic heterocycles. The number of fused-ring (bicyclic) bond motifs is 1. The minimum Gasteiger partial charge on any atom is -0.477 e. The molecule has 196 valence electrons. The van der Waals surface area contributed by atoms with Crippen LogP contribution in [0.4, 0.5) is 10.1 Å². The van der Waals surface area contributed by atoms with E-state index in [9.17, 15) is 14.7 Å². The van der Waals surface area contributed by atoms with Crippen molar-refractivity contribution in [1.82, 2.24) is 4.57 Å². The van der Waals surface area contributed by atoms with E-state index in [1.54, 1.807) is 10.6 Å². The number of benzene rings is 3. The summed E-state index contributed by atoms with van der Waals surface area (Å²) in [5.74, 6) is -1.04. The monoisotopic (exact) mass is 532 g/mol. The lowest BCUT2D eigenvalue weighted by Gasteiger charge is -2.29. The van der Waals surface area contributed by atoms with Crippen molar-refractivity contribution in [2.45, 2.75) is 18.2 Å². The molecule has 0 amide bonds. The van der Waals surface area contributed by atoms with Crippen molar-refractivity contribution in [1.29, 1.82) is 0 Å². The van der Waals surface area contributed by atoms with Crippen molar-refractivity contribution in [3.05, 3.63) is 112 Å². The molecule has 0 saturated carbocycles. The molecule has 1 saturated heterocycles. The van der Waals surface area contributed by atoms with Crippen LogP contribution in [0.5, 0.6) is 0 Å². The van der Waals surface area contributed by atoms with Crippen molar-refractivity contribution in [2.75, 3.05) is 37.0 Å². The van der Waals surface area contributed by atoms with Gasteiger partial charge >= 0.3 is 5.97 Å². The maximum absolute atomic E-state index is 15.1. The smallest absolute Gasteiger partial charge is 0.341 e. The van der Waals surface area contributed by atoms with Gasteiger partial charge < -0.3 is 19.3 Å². The molecule has 6 nitrogen and oxygen atoms in total. The van der Waals surface area contributed by atoms with E-state index in [-0.39, 0.29) is 16.2 Å². The van der Waals surface area contributed by atoms with Gasteiger partial charge in [-0.25, -0.2) is 9.18 Å². The summed E-state index contributed by atoms with van der Waals surface area (Å²) >= 11 is 1.82. The number of thioether (sulfide) groups is 1. The van der Waals surface area contributed by atoms with Crippen molar-refractivity contribution < 1.29 is 19.0 Å². The third kappa shape index (κ3) is 5.61. The average Bonchev–Trinajstić information content (AvgIpc) is 2.95. The van der Waals surface area contributed by atoms with Gasteiger partial charge in [-0.1, -0.05) is 60.7 Å². The highest BCUT2D eigenvalue weighted by molar-refractivity contribution is 7.99. The van der Waals surface area contributed by atoms with Crippen molar-refractivity contribution >= 4 is 34.3 Å². The van der Waals surface area contributed by atoms with Crippen LogP contribution in [0.15, 0.2) is 83.8 Å². The van der Waals surface area contributed by atoms with Crippen LogP contribution in [0.25, 0.3) is 10.9 Å². The molecule has 1 aliphatic rings. The second-order valence-electron chi connectivity index (χ2n) is 9.22. The Morgan fingerprint density at radius 1 is 1.00 bits per heavy atom. The van der Waals surface area contributed by atoms with Crippen LogP contribution in [-0.4, -0.2) is 47.7 Å². The predicted molar refractivity (Wildman–Crippen MR) is 150 cm³/mol.